The molecule has 0 heterocycles. The van der Waals surface area contributed by atoms with Gasteiger partial charge in [-0.25, -0.2) is 0 Å². The fraction of sp³-hybridized carbons (Fsp3) is 0.667. The molecule has 1 unspecified atom stereocenters. The molecule has 3 nitrogen and oxygen atoms in total. The summed E-state index contributed by atoms with van der Waals surface area (Å²) in [6, 6.07) is 0. The zero-order valence-corrected chi connectivity index (χ0v) is 7.83. The highest BCUT2D eigenvalue weighted by molar-refractivity contribution is 5.70. The Labute approximate surface area is 73.0 Å². The molecule has 1 atom stereocenters. The molecule has 0 rings (SSSR count). The van der Waals surface area contributed by atoms with Crippen LogP contribution in [-0.4, -0.2) is 23.3 Å². The fourth-order valence-corrected chi connectivity index (χ4v) is 0.643. The molecule has 0 aliphatic rings. The highest BCUT2D eigenvalue weighted by atomic mass is 16.5. The highest BCUT2D eigenvalue weighted by Gasteiger charge is 2.12. The lowest BCUT2D eigenvalue weighted by Crippen LogP contribution is -2.19. The second-order valence-electron chi connectivity index (χ2n) is 3.10. The predicted octanol–water partition coefficient (Wildman–Crippen LogP) is 1.27. The number of ether oxygens (including phenoxy) is 1. The number of hydrogen-bond acceptors (Lipinski definition) is 3. The number of aliphatic hydroxyl groups is 1. The molecule has 0 fully saturated rings. The maximum Gasteiger partial charge on any atom is 0.309 e. The molecular formula is C9H16O3. The van der Waals surface area contributed by atoms with Crippen LogP contribution in [0.1, 0.15) is 27.2 Å². The Morgan fingerprint density at radius 3 is 2.42 bits per heavy atom. The van der Waals surface area contributed by atoms with Gasteiger partial charge in [-0.1, -0.05) is 12.2 Å². The Morgan fingerprint density at radius 1 is 1.58 bits per heavy atom. The normalized spacial score (nSPS) is 12.8. The maximum absolute atomic E-state index is 10.9. The van der Waals surface area contributed by atoms with Crippen LogP contribution in [0.5, 0.6) is 0 Å². The van der Waals surface area contributed by atoms with Crippen LogP contribution in [0.25, 0.3) is 0 Å². The van der Waals surface area contributed by atoms with E-state index >= 15 is 0 Å². The molecule has 0 spiro atoms. The van der Waals surface area contributed by atoms with Gasteiger partial charge in [-0.2, -0.15) is 0 Å². The molecule has 0 saturated heterocycles. The van der Waals surface area contributed by atoms with Gasteiger partial charge in [0.05, 0.1) is 18.6 Å². The van der Waals surface area contributed by atoms with Gasteiger partial charge in [-0.15, -0.1) is 0 Å². The van der Waals surface area contributed by atoms with Crippen molar-refractivity contribution in [2.75, 3.05) is 0 Å². The van der Waals surface area contributed by atoms with Crippen LogP contribution in [0.4, 0.5) is 0 Å². The molecule has 70 valence electrons. The van der Waals surface area contributed by atoms with Crippen molar-refractivity contribution < 1.29 is 14.6 Å². The first-order valence-electron chi connectivity index (χ1n) is 3.96. The van der Waals surface area contributed by atoms with E-state index in [2.05, 4.69) is 6.58 Å². The van der Waals surface area contributed by atoms with Crippen molar-refractivity contribution in [1.82, 2.24) is 0 Å². The summed E-state index contributed by atoms with van der Waals surface area (Å²) in [4.78, 5) is 10.9. The van der Waals surface area contributed by atoms with Gasteiger partial charge in [-0.3, -0.25) is 4.79 Å². The van der Waals surface area contributed by atoms with E-state index in [-0.39, 0.29) is 18.5 Å². The number of rotatable bonds is 4. The Hall–Kier alpha value is -0.830. The average molecular weight is 172 g/mol. The molecule has 0 aromatic carbocycles. The van der Waals surface area contributed by atoms with E-state index in [0.717, 1.165) is 0 Å². The first kappa shape index (κ1) is 11.2. The number of hydrogen-bond donors (Lipinski definition) is 1. The minimum absolute atomic E-state index is 0.00644. The lowest BCUT2D eigenvalue weighted by atomic mass is 10.1. The number of esters is 1. The molecule has 0 aromatic heterocycles. The van der Waals surface area contributed by atoms with Crippen LogP contribution in [0, 0.1) is 0 Å². The molecule has 0 aliphatic heterocycles. The first-order valence-corrected chi connectivity index (χ1v) is 3.96. The molecule has 3 heteroatoms. The Balaban J connectivity index is 3.77. The van der Waals surface area contributed by atoms with Gasteiger partial charge in [0.2, 0.25) is 0 Å². The van der Waals surface area contributed by atoms with Gasteiger partial charge in [0.25, 0.3) is 0 Å². The lowest BCUT2D eigenvalue weighted by molar-refractivity contribution is -0.149. The lowest BCUT2D eigenvalue weighted by Gasteiger charge is -2.11. The summed E-state index contributed by atoms with van der Waals surface area (Å²) in [5, 5.41) is 9.21. The monoisotopic (exact) mass is 172 g/mol. The summed E-state index contributed by atoms with van der Waals surface area (Å²) >= 11 is 0. The van der Waals surface area contributed by atoms with E-state index < -0.39 is 6.10 Å². The minimum Gasteiger partial charge on any atom is -0.463 e. The van der Waals surface area contributed by atoms with E-state index in [9.17, 15) is 9.90 Å². The fourth-order valence-electron chi connectivity index (χ4n) is 0.643. The third kappa shape index (κ3) is 4.91. The Morgan fingerprint density at radius 2 is 2.08 bits per heavy atom. The summed E-state index contributed by atoms with van der Waals surface area (Å²) in [6.07, 6.45) is -0.917. The number of carbonyl (C=O) groups is 1. The van der Waals surface area contributed by atoms with Crippen LogP contribution in [0.15, 0.2) is 12.2 Å². The van der Waals surface area contributed by atoms with Crippen molar-refractivity contribution >= 4 is 5.97 Å². The van der Waals surface area contributed by atoms with Crippen molar-refractivity contribution in [1.29, 1.82) is 0 Å². The molecule has 0 aliphatic carbocycles. The molecule has 0 amide bonds. The predicted molar refractivity (Wildman–Crippen MR) is 46.7 cm³/mol. The van der Waals surface area contributed by atoms with E-state index in [1.807, 2.05) is 0 Å². The highest BCUT2D eigenvalue weighted by Crippen LogP contribution is 2.04. The van der Waals surface area contributed by atoms with E-state index in [1.165, 1.54) is 0 Å². The van der Waals surface area contributed by atoms with E-state index in [1.54, 1.807) is 20.8 Å². The average Bonchev–Trinajstić information content (AvgIpc) is 1.84. The van der Waals surface area contributed by atoms with Gasteiger partial charge < -0.3 is 9.84 Å². The molecule has 12 heavy (non-hydrogen) atoms. The maximum atomic E-state index is 10.9. The van der Waals surface area contributed by atoms with E-state index in [0.29, 0.717) is 5.57 Å². The van der Waals surface area contributed by atoms with Crippen molar-refractivity contribution in [3.8, 4) is 0 Å². The molecule has 0 radical (unpaired) electrons. The SMILES string of the molecule is C=C(C)C(O)CC(=O)OC(C)C. The van der Waals surface area contributed by atoms with Crippen LogP contribution in [-0.2, 0) is 9.53 Å². The number of carbonyl (C=O) groups excluding carboxylic acids is 1. The largest absolute Gasteiger partial charge is 0.463 e. The Kier molecular flexibility index (Phi) is 4.59. The summed E-state index contributed by atoms with van der Waals surface area (Å²) in [7, 11) is 0. The second kappa shape index (κ2) is 4.93. The van der Waals surface area contributed by atoms with Gasteiger partial charge >= 0.3 is 5.97 Å². The molecule has 0 saturated carbocycles. The summed E-state index contributed by atoms with van der Waals surface area (Å²) < 4.78 is 4.83. The van der Waals surface area contributed by atoms with Crippen molar-refractivity contribution in [2.45, 2.75) is 39.4 Å². The van der Waals surface area contributed by atoms with Crippen molar-refractivity contribution in [3.05, 3.63) is 12.2 Å². The van der Waals surface area contributed by atoms with Gasteiger partial charge in [-0.05, 0) is 20.8 Å². The topological polar surface area (TPSA) is 46.5 Å². The first-order chi connectivity index (χ1) is 5.43. The van der Waals surface area contributed by atoms with Crippen molar-refractivity contribution in [3.63, 3.8) is 0 Å². The zero-order chi connectivity index (χ0) is 9.72. The van der Waals surface area contributed by atoms with Crippen LogP contribution in [0.2, 0.25) is 0 Å². The third-order valence-corrected chi connectivity index (χ3v) is 1.30. The molecule has 1 N–H and O–H groups in total. The number of aliphatic hydroxyl groups excluding tert-OH is 1. The third-order valence-electron chi connectivity index (χ3n) is 1.30. The van der Waals surface area contributed by atoms with Gasteiger partial charge in [0.15, 0.2) is 0 Å². The van der Waals surface area contributed by atoms with Crippen LogP contribution < -0.4 is 0 Å². The minimum atomic E-state index is -0.781. The summed E-state index contributed by atoms with van der Waals surface area (Å²) in [5.41, 5.74) is 0.579. The summed E-state index contributed by atoms with van der Waals surface area (Å²) in [6.45, 7) is 8.74. The van der Waals surface area contributed by atoms with Gasteiger partial charge in [0, 0.05) is 0 Å². The van der Waals surface area contributed by atoms with Gasteiger partial charge in [0.1, 0.15) is 0 Å². The molecule has 0 bridgehead atoms. The molecular weight excluding hydrogens is 156 g/mol. The zero-order valence-electron chi connectivity index (χ0n) is 7.83. The van der Waals surface area contributed by atoms with Crippen LogP contribution >= 0.6 is 0 Å². The Bertz CT molecular complexity index is 173. The second-order valence-corrected chi connectivity index (χ2v) is 3.10. The standard InChI is InChI=1S/C9H16O3/c1-6(2)8(10)5-9(11)12-7(3)4/h7-8,10H,1,5H2,2-4H3. The summed E-state index contributed by atoms with van der Waals surface area (Å²) in [5.74, 6) is -0.388. The quantitative estimate of drug-likeness (QED) is 0.513. The van der Waals surface area contributed by atoms with E-state index in [4.69, 9.17) is 4.74 Å². The molecule has 0 aromatic rings. The smallest absolute Gasteiger partial charge is 0.309 e. The van der Waals surface area contributed by atoms with Crippen LogP contribution in [0.3, 0.4) is 0 Å². The van der Waals surface area contributed by atoms with Crippen molar-refractivity contribution in [2.24, 2.45) is 0 Å².